The molecule has 0 aliphatic carbocycles. The van der Waals surface area contributed by atoms with E-state index in [1.807, 2.05) is 18.2 Å². The molecule has 2 aromatic rings. The maximum Gasteiger partial charge on any atom is 0.240 e. The number of halogens is 1. The summed E-state index contributed by atoms with van der Waals surface area (Å²) in [6.07, 6.45) is 2.70. The Morgan fingerprint density at radius 1 is 1.25 bits per heavy atom. The van der Waals surface area contributed by atoms with Crippen molar-refractivity contribution in [1.82, 2.24) is 14.6 Å². The summed E-state index contributed by atoms with van der Waals surface area (Å²) < 4.78 is 40.2. The Labute approximate surface area is 141 Å². The Morgan fingerprint density at radius 2 is 2.12 bits per heavy atom. The number of sulfonamides is 1. The molecule has 1 saturated heterocycles. The summed E-state index contributed by atoms with van der Waals surface area (Å²) in [7, 11) is -3.67. The first-order valence-corrected chi connectivity index (χ1v) is 9.39. The van der Waals surface area contributed by atoms with E-state index in [9.17, 15) is 12.8 Å². The van der Waals surface area contributed by atoms with Crippen LogP contribution in [0.1, 0.15) is 12.1 Å². The first-order chi connectivity index (χ1) is 11.5. The molecule has 1 atom stereocenters. The highest BCUT2D eigenvalue weighted by Crippen LogP contribution is 2.18. The highest BCUT2D eigenvalue weighted by atomic mass is 32.2. The van der Waals surface area contributed by atoms with Gasteiger partial charge in [-0.05, 0) is 49.2 Å². The van der Waals surface area contributed by atoms with Crippen molar-refractivity contribution in [3.8, 4) is 0 Å². The lowest BCUT2D eigenvalue weighted by atomic mass is 10.1. The van der Waals surface area contributed by atoms with E-state index in [2.05, 4.69) is 14.6 Å². The molecular weight excluding hydrogens is 329 g/mol. The molecule has 24 heavy (non-hydrogen) atoms. The van der Waals surface area contributed by atoms with Crippen molar-refractivity contribution in [3.63, 3.8) is 0 Å². The third-order valence-corrected chi connectivity index (χ3v) is 5.57. The monoisotopic (exact) mass is 349 g/mol. The minimum Gasteiger partial charge on any atom is -0.297 e. The fraction of sp³-hybridized carbons (Fsp3) is 0.353. The second kappa shape index (κ2) is 7.38. The lowest BCUT2D eigenvalue weighted by Gasteiger charge is -2.16. The summed E-state index contributed by atoms with van der Waals surface area (Å²) >= 11 is 0. The van der Waals surface area contributed by atoms with Crippen LogP contribution in [0.4, 0.5) is 4.39 Å². The molecule has 0 radical (unpaired) electrons. The highest BCUT2D eigenvalue weighted by molar-refractivity contribution is 7.89. The van der Waals surface area contributed by atoms with Gasteiger partial charge in [0.05, 0.1) is 10.6 Å². The van der Waals surface area contributed by atoms with Crippen LogP contribution in [0.15, 0.2) is 53.6 Å². The molecule has 0 unspecified atom stereocenters. The number of likely N-dealkylation sites (tertiary alicyclic amines) is 1. The Balaban J connectivity index is 1.52. The van der Waals surface area contributed by atoms with E-state index in [1.54, 1.807) is 6.20 Å². The van der Waals surface area contributed by atoms with Gasteiger partial charge in [0, 0.05) is 25.8 Å². The molecule has 0 bridgehead atoms. The summed E-state index contributed by atoms with van der Waals surface area (Å²) in [5.74, 6) is -0.308. The Bertz CT molecular complexity index is 783. The molecule has 1 aromatic carbocycles. The van der Waals surface area contributed by atoms with Gasteiger partial charge in [-0.15, -0.1) is 0 Å². The summed E-state index contributed by atoms with van der Waals surface area (Å²) in [5.41, 5.74) is 1.01. The predicted molar refractivity (Wildman–Crippen MR) is 89.2 cm³/mol. The van der Waals surface area contributed by atoms with Gasteiger partial charge in [0.2, 0.25) is 10.0 Å². The summed E-state index contributed by atoms with van der Waals surface area (Å²) in [5, 5.41) is 0. The third kappa shape index (κ3) is 4.37. The fourth-order valence-electron chi connectivity index (χ4n) is 2.89. The molecule has 1 fully saturated rings. The van der Waals surface area contributed by atoms with Gasteiger partial charge in [-0.25, -0.2) is 17.5 Å². The van der Waals surface area contributed by atoms with Crippen LogP contribution >= 0.6 is 0 Å². The first-order valence-electron chi connectivity index (χ1n) is 7.90. The number of hydrogen-bond donors (Lipinski definition) is 1. The third-order valence-electron chi connectivity index (χ3n) is 4.15. The number of rotatable bonds is 6. The largest absolute Gasteiger partial charge is 0.297 e. The van der Waals surface area contributed by atoms with E-state index in [0.717, 1.165) is 37.8 Å². The second-order valence-electron chi connectivity index (χ2n) is 6.02. The quantitative estimate of drug-likeness (QED) is 0.867. The number of pyridine rings is 1. The lowest BCUT2D eigenvalue weighted by molar-refractivity contribution is 0.313. The highest BCUT2D eigenvalue weighted by Gasteiger charge is 2.24. The SMILES string of the molecule is O=S(=O)(NC[C@@H]1CCN(Cc2ccccn2)C1)c1cccc(F)c1. The molecular formula is C17H20FN3O2S. The fourth-order valence-corrected chi connectivity index (χ4v) is 4.04. The van der Waals surface area contributed by atoms with Crippen molar-refractivity contribution < 1.29 is 12.8 Å². The molecule has 5 nitrogen and oxygen atoms in total. The van der Waals surface area contributed by atoms with E-state index < -0.39 is 15.8 Å². The number of nitrogens with one attached hydrogen (secondary N) is 1. The number of aromatic nitrogens is 1. The van der Waals surface area contributed by atoms with Crippen LogP contribution in [-0.4, -0.2) is 37.9 Å². The van der Waals surface area contributed by atoms with Gasteiger partial charge in [0.1, 0.15) is 5.82 Å². The molecule has 0 amide bonds. The summed E-state index contributed by atoms with van der Waals surface area (Å²) in [4.78, 5) is 6.54. The minimum atomic E-state index is -3.67. The van der Waals surface area contributed by atoms with E-state index in [1.165, 1.54) is 18.2 Å². The van der Waals surface area contributed by atoms with Gasteiger partial charge in [-0.1, -0.05) is 12.1 Å². The standard InChI is InChI=1S/C17H20FN3O2S/c18-15-4-3-6-17(10-15)24(22,23)20-11-14-7-9-21(12-14)13-16-5-1-2-8-19-16/h1-6,8,10,14,20H,7,9,11-13H2/t14-/m0/s1. The molecule has 3 rings (SSSR count). The molecule has 1 N–H and O–H groups in total. The minimum absolute atomic E-state index is 0.0363. The second-order valence-corrected chi connectivity index (χ2v) is 7.79. The number of nitrogens with zero attached hydrogens (tertiary/aromatic N) is 2. The van der Waals surface area contributed by atoms with Crippen molar-refractivity contribution >= 4 is 10.0 Å². The van der Waals surface area contributed by atoms with Gasteiger partial charge in [-0.2, -0.15) is 0 Å². The van der Waals surface area contributed by atoms with Crippen molar-refractivity contribution in [3.05, 3.63) is 60.2 Å². The zero-order chi connectivity index (χ0) is 17.0. The van der Waals surface area contributed by atoms with E-state index in [4.69, 9.17) is 0 Å². The predicted octanol–water partition coefficient (Wildman–Crippen LogP) is 2.02. The van der Waals surface area contributed by atoms with Gasteiger partial charge < -0.3 is 0 Å². The van der Waals surface area contributed by atoms with Gasteiger partial charge in [-0.3, -0.25) is 9.88 Å². The Kier molecular flexibility index (Phi) is 5.23. The molecule has 1 aliphatic heterocycles. The van der Waals surface area contributed by atoms with Crippen LogP contribution in [0.2, 0.25) is 0 Å². The topological polar surface area (TPSA) is 62.3 Å². The van der Waals surface area contributed by atoms with Crippen LogP contribution in [-0.2, 0) is 16.6 Å². The van der Waals surface area contributed by atoms with Crippen LogP contribution in [0.3, 0.4) is 0 Å². The Hall–Kier alpha value is -1.83. The van der Waals surface area contributed by atoms with Crippen LogP contribution in [0, 0.1) is 11.7 Å². The zero-order valence-electron chi connectivity index (χ0n) is 13.2. The molecule has 7 heteroatoms. The van der Waals surface area contributed by atoms with Crippen LogP contribution in [0.5, 0.6) is 0 Å². The summed E-state index contributed by atoms with van der Waals surface area (Å²) in [6, 6.07) is 10.9. The average Bonchev–Trinajstić information content (AvgIpc) is 3.02. The van der Waals surface area contributed by atoms with Gasteiger partial charge >= 0.3 is 0 Å². The molecule has 2 heterocycles. The van der Waals surface area contributed by atoms with Crippen molar-refractivity contribution in [2.24, 2.45) is 5.92 Å². The number of benzene rings is 1. The molecule has 0 saturated carbocycles. The molecule has 1 aromatic heterocycles. The zero-order valence-corrected chi connectivity index (χ0v) is 14.0. The van der Waals surface area contributed by atoms with Crippen molar-refractivity contribution in [2.45, 2.75) is 17.9 Å². The molecule has 0 spiro atoms. The molecule has 1 aliphatic rings. The summed E-state index contributed by atoms with van der Waals surface area (Å²) in [6.45, 7) is 2.87. The van der Waals surface area contributed by atoms with Gasteiger partial charge in [0.25, 0.3) is 0 Å². The smallest absolute Gasteiger partial charge is 0.240 e. The Morgan fingerprint density at radius 3 is 2.88 bits per heavy atom. The van der Waals surface area contributed by atoms with Crippen molar-refractivity contribution in [1.29, 1.82) is 0 Å². The maximum absolute atomic E-state index is 13.2. The van der Waals surface area contributed by atoms with E-state index in [-0.39, 0.29) is 10.8 Å². The van der Waals surface area contributed by atoms with Crippen LogP contribution < -0.4 is 4.72 Å². The molecule has 128 valence electrons. The number of hydrogen-bond acceptors (Lipinski definition) is 4. The van der Waals surface area contributed by atoms with Crippen LogP contribution in [0.25, 0.3) is 0 Å². The average molecular weight is 349 g/mol. The lowest BCUT2D eigenvalue weighted by Crippen LogP contribution is -2.31. The normalized spacial score (nSPS) is 18.8. The van der Waals surface area contributed by atoms with E-state index in [0.29, 0.717) is 6.54 Å². The first kappa shape index (κ1) is 17.0. The van der Waals surface area contributed by atoms with E-state index >= 15 is 0 Å². The van der Waals surface area contributed by atoms with Crippen molar-refractivity contribution in [2.75, 3.05) is 19.6 Å². The maximum atomic E-state index is 13.2. The van der Waals surface area contributed by atoms with Gasteiger partial charge in [0.15, 0.2) is 0 Å².